The lowest BCUT2D eigenvalue weighted by Crippen LogP contribution is -2.64. The maximum atomic E-state index is 6.47. The summed E-state index contributed by atoms with van der Waals surface area (Å²) in [6.07, 6.45) is 4.77. The Labute approximate surface area is 468 Å². The lowest BCUT2D eigenvalue weighted by molar-refractivity contribution is 0.195. The molecule has 79 heavy (non-hydrogen) atoms. The van der Waals surface area contributed by atoms with E-state index in [4.69, 9.17) is 4.42 Å². The number of para-hydroxylation sites is 1. The molecule has 0 N–H and O–H groups in total. The Bertz CT molecular complexity index is 4080. The third-order valence-corrected chi connectivity index (χ3v) is 19.0. The highest BCUT2D eigenvalue weighted by Gasteiger charge is 2.61. The Morgan fingerprint density at radius 3 is 1.78 bits per heavy atom. The lowest BCUT2D eigenvalue weighted by Gasteiger charge is -2.53. The van der Waals surface area contributed by atoms with E-state index in [1.165, 1.54) is 109 Å². The van der Waals surface area contributed by atoms with Gasteiger partial charge in [0.15, 0.2) is 0 Å². The Hall–Kier alpha value is -7.76. The molecule has 1 aromatic heterocycles. The topological polar surface area (TPSA) is 22.9 Å². The largest absolute Gasteiger partial charge is 0.456 e. The molecule has 1 saturated carbocycles. The molecule has 2 atom stereocenters. The number of hydrogen-bond donors (Lipinski definition) is 0. The fourth-order valence-corrected chi connectivity index (χ4v) is 14.4. The summed E-state index contributed by atoms with van der Waals surface area (Å²) in [5.41, 5.74) is 25.7. The van der Waals surface area contributed by atoms with Gasteiger partial charge in [-0.1, -0.05) is 197 Å². The van der Waals surface area contributed by atoms with Gasteiger partial charge in [-0.25, -0.2) is 0 Å². The maximum absolute atomic E-state index is 6.47. The van der Waals surface area contributed by atoms with Crippen molar-refractivity contribution in [3.8, 4) is 22.3 Å². The molecule has 0 radical (unpaired) electrons. The van der Waals surface area contributed by atoms with Crippen LogP contribution in [0, 0.1) is 0 Å². The second-order valence-electron chi connectivity index (χ2n) is 26.9. The highest BCUT2D eigenvalue weighted by atomic mass is 16.3. The normalized spacial score (nSPS) is 18.4. The molecule has 1 fully saturated rings. The minimum atomic E-state index is -0.129. The molecule has 9 aromatic carbocycles. The molecule has 0 bridgehead atoms. The standard InChI is InChI=1S/C74H72BN3O/c1-70(2,3)50-28-31-53(32-29-50)76(54-34-37-67-58(45-54)56-26-18-19-27-66(56)79-67)55-33-35-60-63(46-55)77(62-36-30-51(71(4,5)6)42-57(62)48-24-16-13-17-25-48)64-40-49(47-22-14-12-15-23-47)41-65-68(64)75(60)61-44-52(72(7,8)9)43-59-69(61)78(65)74(11)39-21-20-38-73(59,74)10/h12-19,22-37,40-46H,20-21,38-39H2,1-11H3. The number of nitrogens with zero attached hydrogens (tertiary/aromatic N) is 3. The molecule has 2 unspecified atom stereocenters. The first-order valence-corrected chi connectivity index (χ1v) is 29.0. The molecule has 1 aliphatic carbocycles. The summed E-state index contributed by atoms with van der Waals surface area (Å²) in [6, 6.07) is 71.9. The summed E-state index contributed by atoms with van der Waals surface area (Å²) in [4.78, 5) is 8.05. The third kappa shape index (κ3) is 7.54. The Morgan fingerprint density at radius 1 is 0.456 bits per heavy atom. The average molecular weight is 1030 g/mol. The zero-order valence-corrected chi connectivity index (χ0v) is 48.1. The van der Waals surface area contributed by atoms with Gasteiger partial charge < -0.3 is 19.1 Å². The minimum absolute atomic E-state index is 0.000807. The van der Waals surface area contributed by atoms with Crippen LogP contribution in [0.2, 0.25) is 0 Å². The molecule has 10 aromatic rings. The highest BCUT2D eigenvalue weighted by Crippen LogP contribution is 2.63. The average Bonchev–Trinajstić information content (AvgIpc) is 2.18. The second-order valence-corrected chi connectivity index (χ2v) is 26.9. The lowest BCUT2D eigenvalue weighted by atomic mass is 9.33. The first-order valence-electron chi connectivity index (χ1n) is 29.0. The van der Waals surface area contributed by atoms with Crippen molar-refractivity contribution in [3.63, 3.8) is 0 Å². The van der Waals surface area contributed by atoms with Crippen LogP contribution in [0.5, 0.6) is 0 Å². The minimum Gasteiger partial charge on any atom is -0.456 e. The van der Waals surface area contributed by atoms with E-state index in [0.717, 1.165) is 45.4 Å². The molecule has 0 spiro atoms. The van der Waals surface area contributed by atoms with Crippen molar-refractivity contribution in [1.29, 1.82) is 0 Å². The fraction of sp³-hybridized carbons (Fsp3) is 0.270. The SMILES string of the molecule is CC(C)(C)c1ccc(N(c2ccc3c(c2)N(c2ccc(C(C)(C)C)cc2-c2ccccc2)c2cc(-c4ccccc4)cc4c2B3c2cc(C(C)(C)C)cc3c2N4C2(C)CCCCC32C)c2ccc3oc4ccccc4c3c2)cc1. The first-order chi connectivity index (χ1) is 37.8. The van der Waals surface area contributed by atoms with Crippen LogP contribution in [0.3, 0.4) is 0 Å². The Morgan fingerprint density at radius 2 is 1.06 bits per heavy atom. The number of anilines is 8. The van der Waals surface area contributed by atoms with Gasteiger partial charge in [0.2, 0.25) is 0 Å². The van der Waals surface area contributed by atoms with E-state index in [1.807, 2.05) is 0 Å². The van der Waals surface area contributed by atoms with Crippen molar-refractivity contribution < 1.29 is 4.42 Å². The second kappa shape index (κ2) is 17.4. The van der Waals surface area contributed by atoms with E-state index in [9.17, 15) is 0 Å². The van der Waals surface area contributed by atoms with Crippen LogP contribution in [0.1, 0.15) is 124 Å². The summed E-state index contributed by atoms with van der Waals surface area (Å²) < 4.78 is 6.47. The fourth-order valence-electron chi connectivity index (χ4n) is 14.4. The molecular formula is C74H72BN3O. The summed E-state index contributed by atoms with van der Waals surface area (Å²) >= 11 is 0. The van der Waals surface area contributed by atoms with Crippen LogP contribution < -0.4 is 31.1 Å². The van der Waals surface area contributed by atoms with Crippen LogP contribution in [0.4, 0.5) is 45.5 Å². The molecule has 14 rings (SSSR count). The predicted molar refractivity (Wildman–Crippen MR) is 338 cm³/mol. The van der Waals surface area contributed by atoms with E-state index in [-0.39, 0.29) is 33.9 Å². The van der Waals surface area contributed by atoms with E-state index >= 15 is 0 Å². The first kappa shape index (κ1) is 49.5. The molecule has 3 aliphatic heterocycles. The monoisotopic (exact) mass is 1030 g/mol. The quantitative estimate of drug-likeness (QED) is 0.155. The van der Waals surface area contributed by atoms with Crippen LogP contribution in [0.25, 0.3) is 44.2 Å². The summed E-state index contributed by atoms with van der Waals surface area (Å²) in [5, 5.41) is 2.22. The van der Waals surface area contributed by atoms with Gasteiger partial charge in [-0.05, 0) is 164 Å². The van der Waals surface area contributed by atoms with Crippen molar-refractivity contribution in [2.24, 2.45) is 0 Å². The molecule has 0 amide bonds. The van der Waals surface area contributed by atoms with Crippen molar-refractivity contribution >= 4 is 90.5 Å². The number of benzene rings is 9. The van der Waals surface area contributed by atoms with E-state index in [0.29, 0.717) is 0 Å². The molecule has 4 nitrogen and oxygen atoms in total. The van der Waals surface area contributed by atoms with Crippen LogP contribution in [-0.4, -0.2) is 12.3 Å². The molecule has 5 heteroatoms. The van der Waals surface area contributed by atoms with Gasteiger partial charge in [-0.15, -0.1) is 0 Å². The Balaban J connectivity index is 1.11. The molecule has 392 valence electrons. The van der Waals surface area contributed by atoms with Crippen LogP contribution >= 0.6 is 0 Å². The van der Waals surface area contributed by atoms with Gasteiger partial charge in [0.25, 0.3) is 6.71 Å². The van der Waals surface area contributed by atoms with Gasteiger partial charge in [0.1, 0.15) is 11.2 Å². The predicted octanol–water partition coefficient (Wildman–Crippen LogP) is 18.6. The molecular weight excluding hydrogens is 958 g/mol. The van der Waals surface area contributed by atoms with Gasteiger partial charge in [0.05, 0.1) is 11.2 Å². The third-order valence-electron chi connectivity index (χ3n) is 19.0. The number of furan rings is 1. The number of fused-ring (bicyclic) bond motifs is 10. The number of rotatable bonds is 6. The number of hydrogen-bond acceptors (Lipinski definition) is 4. The molecule has 0 saturated heterocycles. The summed E-state index contributed by atoms with van der Waals surface area (Å²) in [5.74, 6) is 0. The smallest absolute Gasteiger partial charge is 0.252 e. The van der Waals surface area contributed by atoms with Gasteiger partial charge in [0, 0.05) is 61.6 Å². The van der Waals surface area contributed by atoms with Gasteiger partial charge in [-0.3, -0.25) is 0 Å². The van der Waals surface area contributed by atoms with E-state index in [2.05, 4.69) is 279 Å². The van der Waals surface area contributed by atoms with Crippen molar-refractivity contribution in [1.82, 2.24) is 0 Å². The van der Waals surface area contributed by atoms with E-state index < -0.39 is 0 Å². The van der Waals surface area contributed by atoms with Gasteiger partial charge >= 0.3 is 0 Å². The van der Waals surface area contributed by atoms with Crippen molar-refractivity contribution in [3.05, 3.63) is 210 Å². The summed E-state index contributed by atoms with van der Waals surface area (Å²) in [7, 11) is 0. The molecule has 4 aliphatic rings. The summed E-state index contributed by atoms with van der Waals surface area (Å²) in [6.45, 7) is 26.3. The Kier molecular flexibility index (Phi) is 10.9. The van der Waals surface area contributed by atoms with Crippen molar-refractivity contribution in [2.75, 3.05) is 14.7 Å². The zero-order chi connectivity index (χ0) is 54.5. The van der Waals surface area contributed by atoms with Crippen LogP contribution in [0.15, 0.2) is 192 Å². The maximum Gasteiger partial charge on any atom is 0.252 e. The van der Waals surface area contributed by atoms with Gasteiger partial charge in [-0.2, -0.15) is 0 Å². The van der Waals surface area contributed by atoms with Crippen LogP contribution in [-0.2, 0) is 21.7 Å². The zero-order valence-electron chi connectivity index (χ0n) is 48.1. The van der Waals surface area contributed by atoms with E-state index in [1.54, 1.807) is 0 Å². The molecule has 4 heterocycles. The highest BCUT2D eigenvalue weighted by molar-refractivity contribution is 7.00. The van der Waals surface area contributed by atoms with Crippen molar-refractivity contribution in [2.45, 2.75) is 129 Å².